The Hall–Kier alpha value is -2.58. The number of alkyl halides is 3. The minimum atomic E-state index is -4.70. The van der Waals surface area contributed by atoms with Gasteiger partial charge in [0.05, 0.1) is 0 Å². The molecule has 130 valence electrons. The molecule has 0 aliphatic rings. The van der Waals surface area contributed by atoms with Gasteiger partial charge in [-0.3, -0.25) is 10.7 Å². The van der Waals surface area contributed by atoms with Crippen LogP contribution in [0.1, 0.15) is 11.1 Å². The van der Waals surface area contributed by atoms with Gasteiger partial charge in [-0.25, -0.2) is 0 Å². The van der Waals surface area contributed by atoms with Gasteiger partial charge in [-0.05, 0) is 35.2 Å². The zero-order chi connectivity index (χ0) is 18.0. The molecule has 1 heterocycles. The molecule has 0 aliphatic carbocycles. The number of halogens is 3. The van der Waals surface area contributed by atoms with Crippen molar-refractivity contribution in [1.29, 1.82) is 0 Å². The predicted octanol–water partition coefficient (Wildman–Crippen LogP) is 4.24. The summed E-state index contributed by atoms with van der Waals surface area (Å²) in [6.45, 7) is 0.471. The Bertz CT molecular complexity index is 904. The third-order valence-electron chi connectivity index (χ3n) is 3.65. The van der Waals surface area contributed by atoms with Crippen LogP contribution >= 0.6 is 12.2 Å². The molecule has 0 radical (unpaired) electrons. The van der Waals surface area contributed by atoms with Gasteiger partial charge in [-0.15, -0.1) is 13.2 Å². The van der Waals surface area contributed by atoms with E-state index < -0.39 is 6.36 Å². The summed E-state index contributed by atoms with van der Waals surface area (Å²) in [7, 11) is 0. The van der Waals surface area contributed by atoms with Crippen LogP contribution in [-0.4, -0.2) is 21.1 Å². The molecular formula is C17H13F3N2O2S. The van der Waals surface area contributed by atoms with Crippen LogP contribution in [0.3, 0.4) is 0 Å². The predicted molar refractivity (Wildman–Crippen MR) is 90.8 cm³/mol. The second-order valence-electron chi connectivity index (χ2n) is 5.35. The van der Waals surface area contributed by atoms with E-state index in [1.54, 1.807) is 18.2 Å². The van der Waals surface area contributed by atoms with Crippen LogP contribution in [-0.2, 0) is 6.54 Å². The lowest BCUT2D eigenvalue weighted by atomic mass is 10.1. The summed E-state index contributed by atoms with van der Waals surface area (Å²) in [5.41, 5.74) is 4.33. The molecule has 0 saturated carbocycles. The van der Waals surface area contributed by atoms with Crippen LogP contribution in [0.5, 0.6) is 5.75 Å². The van der Waals surface area contributed by atoms with Gasteiger partial charge in [0.25, 0.3) is 0 Å². The molecule has 3 rings (SSSR count). The van der Waals surface area contributed by atoms with E-state index in [-0.39, 0.29) is 10.7 Å². The van der Waals surface area contributed by atoms with E-state index in [2.05, 4.69) is 4.74 Å². The first-order valence-corrected chi connectivity index (χ1v) is 7.64. The first-order valence-electron chi connectivity index (χ1n) is 7.24. The molecule has 0 unspecified atom stereocenters. The Morgan fingerprint density at radius 1 is 1.12 bits per heavy atom. The highest BCUT2D eigenvalue weighted by atomic mass is 32.1. The third-order valence-corrected chi connectivity index (χ3v) is 3.97. The van der Waals surface area contributed by atoms with Crippen molar-refractivity contribution in [3.05, 3.63) is 65.9 Å². The second kappa shape index (κ2) is 6.73. The number of rotatable bonds is 4. The largest absolute Gasteiger partial charge is 0.573 e. The third kappa shape index (κ3) is 4.09. The first-order chi connectivity index (χ1) is 11.9. The van der Waals surface area contributed by atoms with Gasteiger partial charge in [0.2, 0.25) is 0 Å². The molecule has 2 N–H and O–H groups in total. The summed E-state index contributed by atoms with van der Waals surface area (Å²) in [5.74, 6) is -0.254. The van der Waals surface area contributed by atoms with E-state index in [0.717, 1.165) is 16.5 Å². The Kier molecular flexibility index (Phi) is 4.65. The molecule has 4 nitrogen and oxygen atoms in total. The molecule has 0 bridgehead atoms. The normalized spacial score (nSPS) is 11.5. The van der Waals surface area contributed by atoms with Crippen molar-refractivity contribution in [3.8, 4) is 5.75 Å². The van der Waals surface area contributed by atoms with Crippen LogP contribution in [0.4, 0.5) is 13.2 Å². The first kappa shape index (κ1) is 17.2. The lowest BCUT2D eigenvalue weighted by Crippen LogP contribution is -2.17. The van der Waals surface area contributed by atoms with Crippen molar-refractivity contribution >= 4 is 28.1 Å². The molecule has 0 spiro atoms. The Morgan fingerprint density at radius 3 is 2.48 bits per heavy atom. The summed E-state index contributed by atoms with van der Waals surface area (Å²) in [4.78, 5) is 0.211. The van der Waals surface area contributed by atoms with Crippen molar-refractivity contribution in [1.82, 2.24) is 10.0 Å². The highest BCUT2D eigenvalue weighted by Gasteiger charge is 2.30. The minimum Gasteiger partial charge on any atom is -0.406 e. The van der Waals surface area contributed by atoms with Gasteiger partial charge in [-0.1, -0.05) is 36.5 Å². The molecule has 2 aromatic carbocycles. The van der Waals surface area contributed by atoms with Crippen LogP contribution in [0.15, 0.2) is 54.7 Å². The smallest absolute Gasteiger partial charge is 0.406 e. The van der Waals surface area contributed by atoms with E-state index in [9.17, 15) is 13.2 Å². The number of ether oxygens (including phenoxy) is 1. The summed E-state index contributed by atoms with van der Waals surface area (Å²) in [6, 6.07) is 13.2. The topological polar surface area (TPSA) is 46.4 Å². The van der Waals surface area contributed by atoms with E-state index in [1.165, 1.54) is 12.1 Å². The Morgan fingerprint density at radius 2 is 1.84 bits per heavy atom. The summed E-state index contributed by atoms with van der Waals surface area (Å²) >= 11 is 5.01. The molecular weight excluding hydrogens is 353 g/mol. The highest BCUT2D eigenvalue weighted by Crippen LogP contribution is 2.24. The average molecular weight is 366 g/mol. The fraction of sp³-hybridized carbons (Fsp3) is 0.118. The molecule has 0 amide bonds. The van der Waals surface area contributed by atoms with Crippen molar-refractivity contribution < 1.29 is 23.1 Å². The van der Waals surface area contributed by atoms with E-state index in [0.29, 0.717) is 12.1 Å². The zero-order valence-electron chi connectivity index (χ0n) is 12.7. The summed E-state index contributed by atoms with van der Waals surface area (Å²) < 4.78 is 42.4. The van der Waals surface area contributed by atoms with Gasteiger partial charge < -0.3 is 9.30 Å². The maximum Gasteiger partial charge on any atom is 0.573 e. The van der Waals surface area contributed by atoms with E-state index in [4.69, 9.17) is 17.4 Å². The number of hydrogen-bond acceptors (Lipinski definition) is 3. The standard InChI is InChI=1S/C17H13F3N2O2S/c18-17(19,20)24-14-5-1-11(2-6-14)10-22-8-7-12-3-4-13(9-15(12)22)16(25)21-23/h1-9,23H,10H2,(H,21,25). The number of fused-ring (bicyclic) bond motifs is 1. The van der Waals surface area contributed by atoms with E-state index >= 15 is 0 Å². The highest BCUT2D eigenvalue weighted by molar-refractivity contribution is 7.80. The number of nitrogens with zero attached hydrogens (tertiary/aromatic N) is 1. The number of aromatic nitrogens is 1. The van der Waals surface area contributed by atoms with Crippen LogP contribution in [0.25, 0.3) is 10.9 Å². The molecule has 1 aromatic heterocycles. The molecule has 0 fully saturated rings. The second-order valence-corrected chi connectivity index (χ2v) is 5.76. The number of hydroxylamine groups is 1. The lowest BCUT2D eigenvalue weighted by molar-refractivity contribution is -0.274. The van der Waals surface area contributed by atoms with Gasteiger partial charge in [0.1, 0.15) is 10.7 Å². The number of benzene rings is 2. The van der Waals surface area contributed by atoms with Crippen LogP contribution < -0.4 is 10.2 Å². The van der Waals surface area contributed by atoms with Gasteiger partial charge in [-0.2, -0.15) is 0 Å². The van der Waals surface area contributed by atoms with Crippen molar-refractivity contribution in [2.45, 2.75) is 12.9 Å². The van der Waals surface area contributed by atoms with Gasteiger partial charge in [0.15, 0.2) is 0 Å². The molecule has 25 heavy (non-hydrogen) atoms. The molecule has 8 heteroatoms. The maximum absolute atomic E-state index is 12.2. The van der Waals surface area contributed by atoms with Gasteiger partial charge in [0, 0.05) is 23.8 Å². The minimum absolute atomic E-state index is 0.211. The lowest BCUT2D eigenvalue weighted by Gasteiger charge is -2.10. The monoisotopic (exact) mass is 366 g/mol. The van der Waals surface area contributed by atoms with Crippen molar-refractivity contribution in [2.75, 3.05) is 0 Å². The quantitative estimate of drug-likeness (QED) is 0.536. The van der Waals surface area contributed by atoms with Crippen LogP contribution in [0, 0.1) is 0 Å². The number of nitrogens with one attached hydrogen (secondary N) is 1. The molecule has 3 aromatic rings. The summed E-state index contributed by atoms with van der Waals surface area (Å²) in [5, 5.41) is 9.92. The average Bonchev–Trinajstić information content (AvgIpc) is 2.97. The van der Waals surface area contributed by atoms with Crippen LogP contribution in [0.2, 0.25) is 0 Å². The summed E-state index contributed by atoms with van der Waals surface area (Å²) in [6.07, 6.45) is -2.82. The fourth-order valence-corrected chi connectivity index (χ4v) is 2.65. The van der Waals surface area contributed by atoms with Crippen molar-refractivity contribution in [3.63, 3.8) is 0 Å². The Labute approximate surface area is 146 Å². The fourth-order valence-electron chi connectivity index (χ4n) is 2.52. The molecule has 0 saturated heterocycles. The zero-order valence-corrected chi connectivity index (χ0v) is 13.6. The van der Waals surface area contributed by atoms with Gasteiger partial charge >= 0.3 is 6.36 Å². The molecule has 0 aliphatic heterocycles. The number of hydrogen-bond donors (Lipinski definition) is 2. The molecule has 0 atom stereocenters. The van der Waals surface area contributed by atoms with E-state index in [1.807, 2.05) is 34.4 Å². The van der Waals surface area contributed by atoms with Crippen molar-refractivity contribution in [2.24, 2.45) is 0 Å². The Balaban J connectivity index is 1.84. The SMILES string of the molecule is ONC(=S)c1ccc2ccn(Cc3ccc(OC(F)(F)F)cc3)c2c1. The maximum atomic E-state index is 12.2. The number of thiocarbonyl (C=S) groups is 1.